The fourth-order valence-corrected chi connectivity index (χ4v) is 2.49. The zero-order valence-corrected chi connectivity index (χ0v) is 16.4. The molecular weight excluding hydrogens is 386 g/mol. The average molecular weight is 408 g/mol. The standard InChI is InChI=1S/C18H22BrN3O3/c1-11-5-6-12(9-13(11)19)14-7-8-15(21-14)22-16(23)10-20-17(24)25-18(2,3)4/h5-7,9H,8,10H2,1-4H3,(H,20,24)(H,21,22,23). The molecular formula is C18H22BrN3O3. The monoisotopic (exact) mass is 407 g/mol. The Hall–Kier alpha value is -2.15. The van der Waals surface area contributed by atoms with E-state index in [1.54, 1.807) is 20.8 Å². The molecule has 134 valence electrons. The number of carbonyl (C=O) groups is 2. The number of benzene rings is 1. The van der Waals surface area contributed by atoms with Gasteiger partial charge < -0.3 is 15.4 Å². The highest BCUT2D eigenvalue weighted by Gasteiger charge is 2.18. The summed E-state index contributed by atoms with van der Waals surface area (Å²) in [5, 5.41) is 5.12. The van der Waals surface area contributed by atoms with Crippen molar-refractivity contribution >= 4 is 39.5 Å². The number of aryl methyl sites for hydroxylation is 1. The van der Waals surface area contributed by atoms with Crippen LogP contribution >= 0.6 is 15.9 Å². The van der Waals surface area contributed by atoms with Crippen molar-refractivity contribution in [1.82, 2.24) is 10.6 Å². The smallest absolute Gasteiger partial charge is 0.408 e. The Morgan fingerprint density at radius 1 is 1.32 bits per heavy atom. The quantitative estimate of drug-likeness (QED) is 0.803. The zero-order chi connectivity index (χ0) is 18.6. The molecule has 0 spiro atoms. The largest absolute Gasteiger partial charge is 0.444 e. The SMILES string of the molecule is Cc1ccc(C2=CCC(NC(=O)CNC(=O)OC(C)(C)C)=N2)cc1Br. The highest BCUT2D eigenvalue weighted by molar-refractivity contribution is 9.10. The maximum Gasteiger partial charge on any atom is 0.408 e. The maximum absolute atomic E-state index is 11.9. The van der Waals surface area contributed by atoms with Crippen LogP contribution in [-0.4, -0.2) is 30.0 Å². The van der Waals surface area contributed by atoms with E-state index >= 15 is 0 Å². The lowest BCUT2D eigenvalue weighted by molar-refractivity contribution is -0.118. The van der Waals surface area contributed by atoms with Crippen LogP contribution in [0.15, 0.2) is 33.7 Å². The van der Waals surface area contributed by atoms with Crippen LogP contribution in [0.3, 0.4) is 0 Å². The number of nitrogens with one attached hydrogen (secondary N) is 2. The van der Waals surface area contributed by atoms with Gasteiger partial charge in [-0.2, -0.15) is 0 Å². The molecule has 0 unspecified atom stereocenters. The normalized spacial score (nSPS) is 13.8. The summed E-state index contributed by atoms with van der Waals surface area (Å²) >= 11 is 3.51. The Kier molecular flexibility index (Phi) is 6.00. The van der Waals surface area contributed by atoms with Crippen molar-refractivity contribution in [2.24, 2.45) is 4.99 Å². The molecule has 0 atom stereocenters. The van der Waals surface area contributed by atoms with Crippen molar-refractivity contribution in [2.75, 3.05) is 6.54 Å². The molecule has 0 saturated carbocycles. The molecule has 2 amide bonds. The molecule has 0 fully saturated rings. The molecule has 2 N–H and O–H groups in total. The van der Waals surface area contributed by atoms with E-state index in [-0.39, 0.29) is 12.5 Å². The third kappa shape index (κ3) is 6.01. The molecule has 0 saturated heterocycles. The summed E-state index contributed by atoms with van der Waals surface area (Å²) in [6.07, 6.45) is 1.87. The number of alkyl carbamates (subject to hydrolysis) is 1. The number of amidine groups is 1. The number of hydrogen-bond donors (Lipinski definition) is 2. The van der Waals surface area contributed by atoms with Crippen molar-refractivity contribution in [3.63, 3.8) is 0 Å². The molecule has 7 heteroatoms. The van der Waals surface area contributed by atoms with Gasteiger partial charge in [-0.15, -0.1) is 0 Å². The minimum absolute atomic E-state index is 0.167. The Balaban J connectivity index is 1.86. The van der Waals surface area contributed by atoms with Crippen LogP contribution in [0.1, 0.15) is 38.3 Å². The lowest BCUT2D eigenvalue weighted by Crippen LogP contribution is -2.41. The van der Waals surface area contributed by atoms with Crippen LogP contribution in [0.4, 0.5) is 4.79 Å². The highest BCUT2D eigenvalue weighted by atomic mass is 79.9. The lowest BCUT2D eigenvalue weighted by Gasteiger charge is -2.19. The first kappa shape index (κ1) is 19.2. The minimum Gasteiger partial charge on any atom is -0.444 e. The van der Waals surface area contributed by atoms with Gasteiger partial charge in [-0.05, 0) is 39.3 Å². The number of hydrogen-bond acceptors (Lipinski definition) is 4. The van der Waals surface area contributed by atoms with Crippen molar-refractivity contribution in [2.45, 2.75) is 39.7 Å². The van der Waals surface area contributed by atoms with E-state index in [9.17, 15) is 9.59 Å². The van der Waals surface area contributed by atoms with Gasteiger partial charge in [-0.1, -0.05) is 34.1 Å². The van der Waals surface area contributed by atoms with Crippen LogP contribution in [0, 0.1) is 6.92 Å². The van der Waals surface area contributed by atoms with E-state index in [4.69, 9.17) is 4.74 Å². The summed E-state index contributed by atoms with van der Waals surface area (Å²) in [4.78, 5) is 27.9. The Morgan fingerprint density at radius 2 is 2.04 bits per heavy atom. The predicted octanol–water partition coefficient (Wildman–Crippen LogP) is 3.54. The minimum atomic E-state index is -0.626. The van der Waals surface area contributed by atoms with Crippen LogP contribution in [0.2, 0.25) is 0 Å². The van der Waals surface area contributed by atoms with E-state index < -0.39 is 11.7 Å². The number of aliphatic imine (C=N–C) groups is 1. The molecule has 1 aliphatic heterocycles. The van der Waals surface area contributed by atoms with E-state index in [1.165, 1.54) is 0 Å². The van der Waals surface area contributed by atoms with Gasteiger partial charge in [0.2, 0.25) is 5.91 Å². The molecule has 0 aliphatic carbocycles. The number of amides is 2. The molecule has 25 heavy (non-hydrogen) atoms. The number of nitrogens with zero attached hydrogens (tertiary/aromatic N) is 1. The van der Waals surface area contributed by atoms with Crippen LogP contribution in [0.25, 0.3) is 5.70 Å². The van der Waals surface area contributed by atoms with Crippen molar-refractivity contribution < 1.29 is 14.3 Å². The molecule has 1 heterocycles. The van der Waals surface area contributed by atoms with E-state index in [1.807, 2.05) is 31.2 Å². The van der Waals surface area contributed by atoms with E-state index in [0.29, 0.717) is 12.3 Å². The van der Waals surface area contributed by atoms with Crippen molar-refractivity contribution in [3.05, 3.63) is 39.9 Å². The second kappa shape index (κ2) is 7.82. The zero-order valence-electron chi connectivity index (χ0n) is 14.8. The maximum atomic E-state index is 11.9. The van der Waals surface area contributed by atoms with Gasteiger partial charge in [-0.25, -0.2) is 9.79 Å². The Bertz CT molecular complexity index is 748. The van der Waals surface area contributed by atoms with Crippen LogP contribution < -0.4 is 10.6 Å². The third-order valence-electron chi connectivity index (χ3n) is 3.29. The number of rotatable bonds is 3. The first-order valence-corrected chi connectivity index (χ1v) is 8.74. The number of halogens is 1. The third-order valence-corrected chi connectivity index (χ3v) is 4.14. The summed E-state index contributed by atoms with van der Waals surface area (Å²) in [5.41, 5.74) is 2.34. The van der Waals surface area contributed by atoms with E-state index in [0.717, 1.165) is 21.3 Å². The lowest BCUT2D eigenvalue weighted by atomic mass is 10.1. The average Bonchev–Trinajstić information content (AvgIpc) is 2.95. The molecule has 2 rings (SSSR count). The topological polar surface area (TPSA) is 79.8 Å². The molecule has 6 nitrogen and oxygen atoms in total. The summed E-state index contributed by atoms with van der Waals surface area (Å²) in [7, 11) is 0. The number of carbonyl (C=O) groups excluding carboxylic acids is 2. The fourth-order valence-electron chi connectivity index (χ4n) is 2.12. The fraction of sp³-hybridized carbons (Fsp3) is 0.389. The van der Waals surface area contributed by atoms with Crippen molar-refractivity contribution in [3.8, 4) is 0 Å². The summed E-state index contributed by atoms with van der Waals surface area (Å²) in [6, 6.07) is 6.00. The summed E-state index contributed by atoms with van der Waals surface area (Å²) < 4.78 is 6.09. The van der Waals surface area contributed by atoms with E-state index in [2.05, 4.69) is 31.6 Å². The second-order valence-electron chi connectivity index (χ2n) is 6.72. The molecule has 0 bridgehead atoms. The van der Waals surface area contributed by atoms with Gasteiger partial charge in [0.05, 0.1) is 5.70 Å². The van der Waals surface area contributed by atoms with Crippen LogP contribution in [-0.2, 0) is 9.53 Å². The first-order chi connectivity index (χ1) is 11.6. The van der Waals surface area contributed by atoms with Crippen LogP contribution in [0.5, 0.6) is 0 Å². The summed E-state index contributed by atoms with van der Waals surface area (Å²) in [6.45, 7) is 7.13. The highest BCUT2D eigenvalue weighted by Crippen LogP contribution is 2.26. The Morgan fingerprint density at radius 3 is 2.68 bits per heavy atom. The molecule has 1 aromatic carbocycles. The molecule has 0 radical (unpaired) electrons. The number of ether oxygens (including phenoxy) is 1. The second-order valence-corrected chi connectivity index (χ2v) is 7.57. The molecule has 0 aromatic heterocycles. The van der Waals surface area contributed by atoms with Gasteiger partial charge >= 0.3 is 6.09 Å². The van der Waals surface area contributed by atoms with Gasteiger partial charge in [0.1, 0.15) is 18.0 Å². The Labute approximate surface area is 155 Å². The summed E-state index contributed by atoms with van der Waals surface area (Å²) in [5.74, 6) is 0.215. The van der Waals surface area contributed by atoms with Gasteiger partial charge in [0.15, 0.2) is 0 Å². The van der Waals surface area contributed by atoms with Gasteiger partial charge in [0, 0.05) is 16.5 Å². The molecule has 1 aliphatic rings. The van der Waals surface area contributed by atoms with Gasteiger partial charge in [0.25, 0.3) is 0 Å². The predicted molar refractivity (Wildman–Crippen MR) is 101 cm³/mol. The van der Waals surface area contributed by atoms with Crippen molar-refractivity contribution in [1.29, 1.82) is 0 Å². The molecule has 1 aromatic rings. The van der Waals surface area contributed by atoms with Gasteiger partial charge in [-0.3, -0.25) is 4.79 Å². The first-order valence-electron chi connectivity index (χ1n) is 7.95.